The molecule has 1 aromatic heterocycles. The third-order valence-electron chi connectivity index (χ3n) is 2.68. The highest BCUT2D eigenvalue weighted by atomic mass is 16.5. The molecule has 4 heteroatoms. The van der Waals surface area contributed by atoms with E-state index in [1.54, 1.807) is 0 Å². The van der Waals surface area contributed by atoms with Crippen LogP contribution in [0.4, 0.5) is 0 Å². The predicted octanol–water partition coefficient (Wildman–Crippen LogP) is 2.54. The number of hydrogen-bond acceptors (Lipinski definition) is 4. The summed E-state index contributed by atoms with van der Waals surface area (Å²) >= 11 is 0. The summed E-state index contributed by atoms with van der Waals surface area (Å²) in [6.45, 7) is 3.24. The molecule has 0 unspecified atom stereocenters. The molecule has 96 valence electrons. The van der Waals surface area contributed by atoms with E-state index in [1.165, 1.54) is 5.56 Å². The van der Waals surface area contributed by atoms with Crippen molar-refractivity contribution in [2.75, 3.05) is 7.05 Å². The van der Waals surface area contributed by atoms with Crippen molar-refractivity contribution >= 4 is 0 Å². The third-order valence-corrected chi connectivity index (χ3v) is 2.68. The van der Waals surface area contributed by atoms with Crippen molar-refractivity contribution in [3.63, 3.8) is 0 Å². The maximum Gasteiger partial charge on any atom is 0.174 e. The summed E-state index contributed by atoms with van der Waals surface area (Å²) in [5.74, 6) is 1.58. The second-order valence-corrected chi connectivity index (χ2v) is 4.10. The molecule has 0 amide bonds. The van der Waals surface area contributed by atoms with Gasteiger partial charge < -0.3 is 14.6 Å². The fourth-order valence-electron chi connectivity index (χ4n) is 1.66. The van der Waals surface area contributed by atoms with Gasteiger partial charge in [0.15, 0.2) is 5.76 Å². The molecule has 1 heterocycles. The average Bonchev–Trinajstić information content (AvgIpc) is 2.85. The Morgan fingerprint density at radius 1 is 1.28 bits per heavy atom. The van der Waals surface area contributed by atoms with Crippen molar-refractivity contribution in [2.24, 2.45) is 0 Å². The van der Waals surface area contributed by atoms with E-state index in [1.807, 2.05) is 25.2 Å². The number of nitrogens with one attached hydrogen (secondary N) is 1. The van der Waals surface area contributed by atoms with E-state index in [4.69, 9.17) is 9.26 Å². The van der Waals surface area contributed by atoms with Crippen LogP contribution in [0.3, 0.4) is 0 Å². The zero-order chi connectivity index (χ0) is 12.8. The molecule has 0 aliphatic heterocycles. The molecule has 2 rings (SSSR count). The fourth-order valence-corrected chi connectivity index (χ4v) is 1.66. The Morgan fingerprint density at radius 3 is 2.72 bits per heavy atom. The highest BCUT2D eigenvalue weighted by Gasteiger charge is 2.04. The van der Waals surface area contributed by atoms with E-state index in [9.17, 15) is 0 Å². The Bertz CT molecular complexity index is 477. The first-order valence-corrected chi connectivity index (χ1v) is 6.12. The molecule has 4 nitrogen and oxygen atoms in total. The number of nitrogens with zero attached hydrogens (tertiary/aromatic N) is 1. The Balaban J connectivity index is 1.89. The minimum atomic E-state index is 0.405. The SMILES string of the molecule is CCc1ccc(OCc2cc(CNC)no2)cc1. The molecule has 1 N–H and O–H groups in total. The van der Waals surface area contributed by atoms with Crippen molar-refractivity contribution in [3.8, 4) is 5.75 Å². The number of aromatic nitrogens is 1. The maximum absolute atomic E-state index is 5.63. The minimum Gasteiger partial charge on any atom is -0.486 e. The molecular formula is C14H18N2O2. The van der Waals surface area contributed by atoms with Crippen molar-refractivity contribution in [3.05, 3.63) is 47.3 Å². The van der Waals surface area contributed by atoms with Gasteiger partial charge in [-0.2, -0.15) is 0 Å². The summed E-state index contributed by atoms with van der Waals surface area (Å²) in [5.41, 5.74) is 2.19. The highest BCUT2D eigenvalue weighted by Crippen LogP contribution is 2.14. The molecule has 0 spiro atoms. The lowest BCUT2D eigenvalue weighted by Gasteiger charge is -2.04. The lowest BCUT2D eigenvalue weighted by Crippen LogP contribution is -2.04. The molecule has 0 saturated heterocycles. The van der Waals surface area contributed by atoms with Gasteiger partial charge in [-0.3, -0.25) is 0 Å². The van der Waals surface area contributed by atoms with E-state index in [0.29, 0.717) is 13.2 Å². The topological polar surface area (TPSA) is 47.3 Å². The monoisotopic (exact) mass is 246 g/mol. The van der Waals surface area contributed by atoms with Gasteiger partial charge in [0.2, 0.25) is 0 Å². The van der Waals surface area contributed by atoms with Crippen LogP contribution in [0.5, 0.6) is 5.75 Å². The molecule has 18 heavy (non-hydrogen) atoms. The van der Waals surface area contributed by atoms with Gasteiger partial charge in [0.25, 0.3) is 0 Å². The summed E-state index contributed by atoms with van der Waals surface area (Å²) in [4.78, 5) is 0. The molecule has 0 bridgehead atoms. The van der Waals surface area contributed by atoms with Crippen LogP contribution in [0.1, 0.15) is 23.9 Å². The van der Waals surface area contributed by atoms with Crippen LogP contribution in [0.2, 0.25) is 0 Å². The molecule has 0 aliphatic carbocycles. The van der Waals surface area contributed by atoms with Gasteiger partial charge in [-0.15, -0.1) is 0 Å². The number of benzene rings is 1. The predicted molar refractivity (Wildman–Crippen MR) is 69.4 cm³/mol. The van der Waals surface area contributed by atoms with Crippen molar-refractivity contribution in [2.45, 2.75) is 26.5 Å². The lowest BCUT2D eigenvalue weighted by atomic mass is 10.2. The van der Waals surface area contributed by atoms with E-state index in [0.717, 1.165) is 23.6 Å². The fraction of sp³-hybridized carbons (Fsp3) is 0.357. The first kappa shape index (κ1) is 12.6. The minimum absolute atomic E-state index is 0.405. The van der Waals surface area contributed by atoms with Gasteiger partial charge >= 0.3 is 0 Å². The average molecular weight is 246 g/mol. The van der Waals surface area contributed by atoms with E-state index in [-0.39, 0.29) is 0 Å². The second-order valence-electron chi connectivity index (χ2n) is 4.10. The maximum atomic E-state index is 5.63. The highest BCUT2D eigenvalue weighted by molar-refractivity contribution is 5.27. The van der Waals surface area contributed by atoms with Crippen LogP contribution in [0.15, 0.2) is 34.9 Å². The molecule has 0 atom stereocenters. The quantitative estimate of drug-likeness (QED) is 0.851. The van der Waals surface area contributed by atoms with E-state index < -0.39 is 0 Å². The smallest absolute Gasteiger partial charge is 0.174 e. The summed E-state index contributed by atoms with van der Waals surface area (Å²) in [5, 5.41) is 6.95. The number of hydrogen-bond donors (Lipinski definition) is 1. The molecule has 0 radical (unpaired) electrons. The van der Waals surface area contributed by atoms with Crippen LogP contribution in [-0.2, 0) is 19.6 Å². The van der Waals surface area contributed by atoms with Gasteiger partial charge in [-0.1, -0.05) is 24.2 Å². The number of aryl methyl sites for hydroxylation is 1. The Kier molecular flexibility index (Phi) is 4.36. The van der Waals surface area contributed by atoms with Gasteiger partial charge in [0.05, 0.1) is 5.69 Å². The largest absolute Gasteiger partial charge is 0.486 e. The second kappa shape index (κ2) is 6.21. The number of ether oxygens (including phenoxy) is 1. The molecule has 0 saturated carbocycles. The summed E-state index contributed by atoms with van der Waals surface area (Å²) in [6, 6.07) is 9.99. The van der Waals surface area contributed by atoms with Crippen molar-refractivity contribution in [1.82, 2.24) is 10.5 Å². The van der Waals surface area contributed by atoms with Crippen molar-refractivity contribution in [1.29, 1.82) is 0 Å². The van der Waals surface area contributed by atoms with Crippen LogP contribution in [0.25, 0.3) is 0 Å². The number of rotatable bonds is 6. The molecule has 0 fully saturated rings. The zero-order valence-electron chi connectivity index (χ0n) is 10.8. The van der Waals surface area contributed by atoms with Crippen LogP contribution in [-0.4, -0.2) is 12.2 Å². The normalized spacial score (nSPS) is 10.6. The lowest BCUT2D eigenvalue weighted by molar-refractivity contribution is 0.248. The molecule has 0 aliphatic rings. The van der Waals surface area contributed by atoms with Crippen molar-refractivity contribution < 1.29 is 9.26 Å². The summed E-state index contributed by atoms with van der Waals surface area (Å²) < 4.78 is 10.8. The first-order chi connectivity index (χ1) is 8.81. The van der Waals surface area contributed by atoms with Crippen LogP contribution in [0, 0.1) is 0 Å². The van der Waals surface area contributed by atoms with E-state index in [2.05, 4.69) is 29.5 Å². The van der Waals surface area contributed by atoms with E-state index >= 15 is 0 Å². The zero-order valence-corrected chi connectivity index (χ0v) is 10.8. The van der Waals surface area contributed by atoms with Gasteiger partial charge in [-0.25, -0.2) is 0 Å². The Morgan fingerprint density at radius 2 is 2.06 bits per heavy atom. The molecule has 1 aromatic carbocycles. The third kappa shape index (κ3) is 3.34. The van der Waals surface area contributed by atoms with Gasteiger partial charge in [-0.05, 0) is 31.2 Å². The van der Waals surface area contributed by atoms with Gasteiger partial charge in [0, 0.05) is 12.6 Å². The first-order valence-electron chi connectivity index (χ1n) is 6.12. The summed E-state index contributed by atoms with van der Waals surface area (Å²) in [7, 11) is 1.88. The molecule has 2 aromatic rings. The van der Waals surface area contributed by atoms with Gasteiger partial charge in [0.1, 0.15) is 12.4 Å². The molecular weight excluding hydrogens is 228 g/mol. The Labute approximate surface area is 107 Å². The Hall–Kier alpha value is -1.81. The summed E-state index contributed by atoms with van der Waals surface area (Å²) in [6.07, 6.45) is 1.04. The van der Waals surface area contributed by atoms with Crippen LogP contribution >= 0.6 is 0 Å². The standard InChI is InChI=1S/C14H18N2O2/c1-3-11-4-6-13(7-5-11)17-10-14-8-12(9-15-2)16-18-14/h4-8,15H,3,9-10H2,1-2H3. The van der Waals surface area contributed by atoms with Crippen LogP contribution < -0.4 is 10.1 Å².